The minimum absolute atomic E-state index is 0.427. The topological polar surface area (TPSA) is 32.5 Å². The quantitative estimate of drug-likeness (QED) is 0.928. The van der Waals surface area contributed by atoms with Crippen LogP contribution in [-0.4, -0.2) is 43.2 Å². The standard InChI is InChI=1S/C18H29N3/c1-2-15-14-21(13-10-18(15)19)17-8-11-20(12-9-17)16-6-4-3-5-7-16/h3-7,15,17-18H,2,8-14,19H2,1H3. The van der Waals surface area contributed by atoms with Gasteiger partial charge in [0.25, 0.3) is 0 Å². The van der Waals surface area contributed by atoms with Gasteiger partial charge in [-0.25, -0.2) is 0 Å². The van der Waals surface area contributed by atoms with E-state index in [0.29, 0.717) is 12.0 Å². The van der Waals surface area contributed by atoms with Crippen molar-refractivity contribution >= 4 is 5.69 Å². The minimum atomic E-state index is 0.427. The third-order valence-corrected chi connectivity index (χ3v) is 5.45. The summed E-state index contributed by atoms with van der Waals surface area (Å²) < 4.78 is 0. The van der Waals surface area contributed by atoms with Crippen molar-refractivity contribution < 1.29 is 0 Å². The number of hydrogen-bond donors (Lipinski definition) is 1. The molecule has 0 radical (unpaired) electrons. The van der Waals surface area contributed by atoms with Crippen molar-refractivity contribution in [3.05, 3.63) is 30.3 Å². The number of nitrogens with zero attached hydrogens (tertiary/aromatic N) is 2. The van der Waals surface area contributed by atoms with Gasteiger partial charge in [0, 0.05) is 37.4 Å². The molecule has 0 amide bonds. The number of nitrogens with two attached hydrogens (primary N) is 1. The predicted molar refractivity (Wildman–Crippen MR) is 89.6 cm³/mol. The first kappa shape index (κ1) is 14.9. The molecule has 0 saturated carbocycles. The molecule has 2 N–H and O–H groups in total. The van der Waals surface area contributed by atoms with Crippen LogP contribution in [0.5, 0.6) is 0 Å². The Kier molecular flexibility index (Phi) is 4.81. The summed E-state index contributed by atoms with van der Waals surface area (Å²) >= 11 is 0. The van der Waals surface area contributed by atoms with Crippen LogP contribution >= 0.6 is 0 Å². The molecule has 0 spiro atoms. The molecule has 2 unspecified atom stereocenters. The lowest BCUT2D eigenvalue weighted by Crippen LogP contribution is -2.53. The van der Waals surface area contributed by atoms with Crippen molar-refractivity contribution in [3.8, 4) is 0 Å². The molecular formula is C18H29N3. The molecule has 0 bridgehead atoms. The number of piperidine rings is 2. The highest BCUT2D eigenvalue weighted by molar-refractivity contribution is 5.46. The number of para-hydroxylation sites is 1. The van der Waals surface area contributed by atoms with Gasteiger partial charge >= 0.3 is 0 Å². The van der Waals surface area contributed by atoms with Crippen LogP contribution in [0.1, 0.15) is 32.6 Å². The van der Waals surface area contributed by atoms with E-state index in [2.05, 4.69) is 47.1 Å². The average Bonchev–Trinajstić information content (AvgIpc) is 2.56. The zero-order valence-corrected chi connectivity index (χ0v) is 13.2. The van der Waals surface area contributed by atoms with Crippen LogP contribution in [0, 0.1) is 5.92 Å². The highest BCUT2D eigenvalue weighted by atomic mass is 15.2. The number of rotatable bonds is 3. The lowest BCUT2D eigenvalue weighted by atomic mass is 9.88. The highest BCUT2D eigenvalue weighted by Crippen LogP contribution is 2.26. The van der Waals surface area contributed by atoms with Crippen molar-refractivity contribution in [3.63, 3.8) is 0 Å². The van der Waals surface area contributed by atoms with Crippen molar-refractivity contribution in [2.24, 2.45) is 11.7 Å². The normalized spacial score (nSPS) is 28.8. The van der Waals surface area contributed by atoms with Crippen LogP contribution in [0.3, 0.4) is 0 Å². The van der Waals surface area contributed by atoms with Crippen LogP contribution in [0.4, 0.5) is 5.69 Å². The Bertz CT molecular complexity index is 425. The lowest BCUT2D eigenvalue weighted by Gasteiger charge is -2.44. The van der Waals surface area contributed by atoms with Crippen LogP contribution in [0.25, 0.3) is 0 Å². The summed E-state index contributed by atoms with van der Waals surface area (Å²) in [6.45, 7) is 7.08. The molecule has 2 aliphatic rings. The van der Waals surface area contributed by atoms with Crippen LogP contribution in [0.15, 0.2) is 30.3 Å². The molecule has 3 heteroatoms. The number of anilines is 1. The van der Waals surface area contributed by atoms with Gasteiger partial charge in [-0.3, -0.25) is 4.90 Å². The molecule has 21 heavy (non-hydrogen) atoms. The monoisotopic (exact) mass is 287 g/mol. The number of likely N-dealkylation sites (tertiary alicyclic amines) is 1. The maximum atomic E-state index is 6.24. The summed E-state index contributed by atoms with van der Waals surface area (Å²) in [6, 6.07) is 12.0. The third kappa shape index (κ3) is 3.41. The van der Waals surface area contributed by atoms with Crippen molar-refractivity contribution in [2.45, 2.75) is 44.7 Å². The summed E-state index contributed by atoms with van der Waals surface area (Å²) in [6.07, 6.45) is 4.99. The first-order valence-electron chi connectivity index (χ1n) is 8.57. The average molecular weight is 287 g/mol. The van der Waals surface area contributed by atoms with Gasteiger partial charge in [0.1, 0.15) is 0 Å². The van der Waals surface area contributed by atoms with E-state index >= 15 is 0 Å². The van der Waals surface area contributed by atoms with Gasteiger partial charge in [-0.1, -0.05) is 31.5 Å². The van der Waals surface area contributed by atoms with E-state index in [0.717, 1.165) is 6.04 Å². The first-order chi connectivity index (χ1) is 10.3. The van der Waals surface area contributed by atoms with E-state index in [9.17, 15) is 0 Å². The molecule has 0 aromatic heterocycles. The van der Waals surface area contributed by atoms with Gasteiger partial charge in [-0.05, 0) is 43.9 Å². The zero-order valence-electron chi connectivity index (χ0n) is 13.2. The highest BCUT2D eigenvalue weighted by Gasteiger charge is 2.31. The molecule has 2 fully saturated rings. The Morgan fingerprint density at radius 1 is 1.05 bits per heavy atom. The minimum Gasteiger partial charge on any atom is -0.371 e. The van der Waals surface area contributed by atoms with E-state index < -0.39 is 0 Å². The lowest BCUT2D eigenvalue weighted by molar-refractivity contribution is 0.0927. The summed E-state index contributed by atoms with van der Waals surface area (Å²) in [5.41, 5.74) is 7.62. The Balaban J connectivity index is 1.54. The second kappa shape index (κ2) is 6.80. The molecule has 2 aliphatic heterocycles. The fourth-order valence-electron chi connectivity index (χ4n) is 3.97. The molecule has 1 aromatic rings. The van der Waals surface area contributed by atoms with Crippen molar-refractivity contribution in [2.75, 3.05) is 31.1 Å². The van der Waals surface area contributed by atoms with E-state index in [4.69, 9.17) is 5.73 Å². The SMILES string of the molecule is CCC1CN(C2CCN(c3ccccc3)CC2)CCC1N. The van der Waals surface area contributed by atoms with Crippen LogP contribution < -0.4 is 10.6 Å². The molecule has 2 heterocycles. The summed E-state index contributed by atoms with van der Waals surface area (Å²) in [4.78, 5) is 5.25. The molecule has 0 aliphatic carbocycles. The molecule has 2 saturated heterocycles. The summed E-state index contributed by atoms with van der Waals surface area (Å²) in [7, 11) is 0. The molecule has 3 nitrogen and oxygen atoms in total. The Morgan fingerprint density at radius 3 is 2.43 bits per heavy atom. The second-order valence-corrected chi connectivity index (χ2v) is 6.67. The smallest absolute Gasteiger partial charge is 0.0366 e. The molecule has 116 valence electrons. The van der Waals surface area contributed by atoms with Crippen LogP contribution in [-0.2, 0) is 0 Å². The Hall–Kier alpha value is -1.06. The van der Waals surface area contributed by atoms with E-state index in [-0.39, 0.29) is 0 Å². The van der Waals surface area contributed by atoms with Crippen molar-refractivity contribution in [1.82, 2.24) is 4.90 Å². The molecule has 2 atom stereocenters. The third-order valence-electron chi connectivity index (χ3n) is 5.45. The summed E-state index contributed by atoms with van der Waals surface area (Å²) in [5.74, 6) is 0.700. The Labute approximate surface area is 129 Å². The van der Waals surface area contributed by atoms with Crippen LogP contribution in [0.2, 0.25) is 0 Å². The molecular weight excluding hydrogens is 258 g/mol. The molecule has 3 rings (SSSR count). The fourth-order valence-corrected chi connectivity index (χ4v) is 3.97. The Morgan fingerprint density at radius 2 is 1.76 bits per heavy atom. The van der Waals surface area contributed by atoms with Gasteiger partial charge in [-0.2, -0.15) is 0 Å². The largest absolute Gasteiger partial charge is 0.371 e. The zero-order chi connectivity index (χ0) is 14.7. The van der Waals surface area contributed by atoms with Gasteiger partial charge < -0.3 is 10.6 Å². The summed E-state index contributed by atoms with van der Waals surface area (Å²) in [5, 5.41) is 0. The van der Waals surface area contributed by atoms with E-state index in [1.807, 2.05) is 0 Å². The van der Waals surface area contributed by atoms with E-state index in [1.165, 1.54) is 57.5 Å². The van der Waals surface area contributed by atoms with Crippen molar-refractivity contribution in [1.29, 1.82) is 0 Å². The number of benzene rings is 1. The van der Waals surface area contributed by atoms with Gasteiger partial charge in [0.15, 0.2) is 0 Å². The fraction of sp³-hybridized carbons (Fsp3) is 0.667. The van der Waals surface area contributed by atoms with E-state index in [1.54, 1.807) is 0 Å². The molecule has 1 aromatic carbocycles. The maximum absolute atomic E-state index is 6.24. The van der Waals surface area contributed by atoms with Gasteiger partial charge in [0.05, 0.1) is 0 Å². The van der Waals surface area contributed by atoms with Gasteiger partial charge in [0.2, 0.25) is 0 Å². The number of hydrogen-bond acceptors (Lipinski definition) is 3. The first-order valence-corrected chi connectivity index (χ1v) is 8.57. The van der Waals surface area contributed by atoms with Gasteiger partial charge in [-0.15, -0.1) is 0 Å². The predicted octanol–water partition coefficient (Wildman–Crippen LogP) is 2.71. The second-order valence-electron chi connectivity index (χ2n) is 6.67. The maximum Gasteiger partial charge on any atom is 0.0366 e.